The highest BCUT2D eigenvalue weighted by Crippen LogP contribution is 2.06. The van der Waals surface area contributed by atoms with Gasteiger partial charge in [0.15, 0.2) is 0 Å². The van der Waals surface area contributed by atoms with Crippen molar-refractivity contribution in [2.45, 2.75) is 39.0 Å². The molecule has 0 aliphatic heterocycles. The van der Waals surface area contributed by atoms with E-state index < -0.39 is 23.8 Å². The summed E-state index contributed by atoms with van der Waals surface area (Å²) in [6.07, 6.45) is 2.15. The van der Waals surface area contributed by atoms with E-state index in [4.69, 9.17) is 15.3 Å². The Bertz CT molecular complexity index is 331. The normalized spacial score (nSPS) is 12.3. The Balaban J connectivity index is 4.06. The summed E-state index contributed by atoms with van der Waals surface area (Å²) in [6, 6.07) is 0. The quantitative estimate of drug-likeness (QED) is 0.461. The van der Waals surface area contributed by atoms with Crippen LogP contribution in [0.2, 0.25) is 0 Å². The van der Waals surface area contributed by atoms with Crippen LogP contribution in [-0.4, -0.2) is 57.8 Å². The summed E-state index contributed by atoms with van der Waals surface area (Å²) in [4.78, 5) is 33.5. The molecular weight excluding hydrogens is 266 g/mol. The zero-order chi connectivity index (χ0) is 15.5. The first-order valence-electron chi connectivity index (χ1n) is 6.71. The molecule has 0 fully saturated rings. The zero-order valence-corrected chi connectivity index (χ0v) is 11.7. The monoisotopic (exact) mass is 289 g/mol. The van der Waals surface area contributed by atoms with Crippen LogP contribution in [0.3, 0.4) is 0 Å². The van der Waals surface area contributed by atoms with Crippen molar-refractivity contribution in [2.24, 2.45) is 5.92 Å². The van der Waals surface area contributed by atoms with Crippen LogP contribution in [0.15, 0.2) is 0 Å². The second-order valence-electron chi connectivity index (χ2n) is 4.89. The van der Waals surface area contributed by atoms with E-state index in [1.807, 2.05) is 4.90 Å². The Hall–Kier alpha value is -1.63. The maximum Gasteiger partial charge on any atom is 0.307 e. The second-order valence-corrected chi connectivity index (χ2v) is 4.89. The van der Waals surface area contributed by atoms with E-state index in [1.54, 1.807) is 6.92 Å². The number of carboxylic acids is 3. The fourth-order valence-electron chi connectivity index (χ4n) is 1.80. The van der Waals surface area contributed by atoms with Gasteiger partial charge in [0.2, 0.25) is 0 Å². The lowest BCUT2D eigenvalue weighted by atomic mass is 10.1. The number of rotatable bonds is 12. The van der Waals surface area contributed by atoms with Gasteiger partial charge >= 0.3 is 17.9 Å². The summed E-state index contributed by atoms with van der Waals surface area (Å²) in [6.45, 7) is 2.79. The van der Waals surface area contributed by atoms with Gasteiger partial charge in [0, 0.05) is 19.5 Å². The number of hydrogen-bond acceptors (Lipinski definition) is 4. The van der Waals surface area contributed by atoms with E-state index in [0.717, 1.165) is 12.8 Å². The lowest BCUT2D eigenvalue weighted by Gasteiger charge is -2.23. The van der Waals surface area contributed by atoms with Crippen LogP contribution < -0.4 is 0 Å². The van der Waals surface area contributed by atoms with Gasteiger partial charge in [0.25, 0.3) is 0 Å². The molecule has 1 atom stereocenters. The number of hydrogen-bond donors (Lipinski definition) is 3. The zero-order valence-electron chi connectivity index (χ0n) is 11.7. The van der Waals surface area contributed by atoms with Crippen molar-refractivity contribution in [2.75, 3.05) is 19.6 Å². The molecule has 0 aliphatic rings. The minimum Gasteiger partial charge on any atom is -0.481 e. The Kier molecular flexibility index (Phi) is 9.36. The van der Waals surface area contributed by atoms with Crippen LogP contribution >= 0.6 is 0 Å². The van der Waals surface area contributed by atoms with E-state index in [1.165, 1.54) is 0 Å². The molecule has 0 amide bonds. The van der Waals surface area contributed by atoms with E-state index in [-0.39, 0.29) is 12.8 Å². The highest BCUT2D eigenvalue weighted by atomic mass is 16.4. The van der Waals surface area contributed by atoms with E-state index in [2.05, 4.69) is 0 Å². The summed E-state index contributed by atoms with van der Waals surface area (Å²) in [5.41, 5.74) is 0. The molecule has 0 heterocycles. The Morgan fingerprint density at radius 3 is 2.00 bits per heavy atom. The summed E-state index contributed by atoms with van der Waals surface area (Å²) in [7, 11) is 0. The van der Waals surface area contributed by atoms with E-state index in [0.29, 0.717) is 26.1 Å². The van der Waals surface area contributed by atoms with E-state index >= 15 is 0 Å². The van der Waals surface area contributed by atoms with Crippen molar-refractivity contribution in [1.82, 2.24) is 4.90 Å². The number of carbonyl (C=O) groups is 3. The third kappa shape index (κ3) is 10.3. The fourth-order valence-corrected chi connectivity index (χ4v) is 1.80. The fraction of sp³-hybridized carbons (Fsp3) is 0.769. The maximum absolute atomic E-state index is 10.8. The lowest BCUT2D eigenvalue weighted by Crippen LogP contribution is -2.34. The first-order valence-corrected chi connectivity index (χ1v) is 6.71. The summed E-state index contributed by atoms with van der Waals surface area (Å²) < 4.78 is 0. The number of aliphatic carboxylic acids is 3. The van der Waals surface area contributed by atoms with Crippen LogP contribution in [0.5, 0.6) is 0 Å². The van der Waals surface area contributed by atoms with Crippen LogP contribution in [0.25, 0.3) is 0 Å². The SMILES string of the molecule is CC(CN(CCCCCC(=O)O)CCC(=O)O)C(=O)O. The molecule has 0 aliphatic carbocycles. The van der Waals surface area contributed by atoms with Crippen LogP contribution in [-0.2, 0) is 14.4 Å². The van der Waals surface area contributed by atoms with Crippen molar-refractivity contribution < 1.29 is 29.7 Å². The van der Waals surface area contributed by atoms with Gasteiger partial charge in [-0.3, -0.25) is 14.4 Å². The van der Waals surface area contributed by atoms with Gasteiger partial charge in [0.1, 0.15) is 0 Å². The van der Waals surface area contributed by atoms with Crippen molar-refractivity contribution in [3.63, 3.8) is 0 Å². The minimum absolute atomic E-state index is 0.0263. The smallest absolute Gasteiger partial charge is 0.307 e. The summed E-state index contributed by atoms with van der Waals surface area (Å²) in [5.74, 6) is -3.20. The highest BCUT2D eigenvalue weighted by molar-refractivity contribution is 5.69. The summed E-state index contributed by atoms with van der Waals surface area (Å²) >= 11 is 0. The third-order valence-corrected chi connectivity index (χ3v) is 2.96. The standard InChI is InChI=1S/C13H23NO6/c1-10(13(19)20)9-14(8-6-12(17)18)7-4-2-3-5-11(15)16/h10H,2-9H2,1H3,(H,15,16)(H,17,18)(H,19,20). The molecule has 1 unspecified atom stereocenters. The highest BCUT2D eigenvalue weighted by Gasteiger charge is 2.16. The van der Waals surface area contributed by atoms with Crippen molar-refractivity contribution in [1.29, 1.82) is 0 Å². The van der Waals surface area contributed by atoms with Gasteiger partial charge in [-0.15, -0.1) is 0 Å². The molecule has 3 N–H and O–H groups in total. The van der Waals surface area contributed by atoms with Crippen LogP contribution in [0.4, 0.5) is 0 Å². The van der Waals surface area contributed by atoms with Gasteiger partial charge in [-0.1, -0.05) is 13.3 Å². The average molecular weight is 289 g/mol. The predicted molar refractivity (Wildman–Crippen MR) is 71.6 cm³/mol. The third-order valence-electron chi connectivity index (χ3n) is 2.96. The van der Waals surface area contributed by atoms with Crippen molar-refractivity contribution in [3.05, 3.63) is 0 Å². The molecule has 0 bridgehead atoms. The molecular formula is C13H23NO6. The van der Waals surface area contributed by atoms with Gasteiger partial charge in [-0.25, -0.2) is 0 Å². The molecule has 0 aromatic heterocycles. The Labute approximate surface area is 118 Å². The lowest BCUT2D eigenvalue weighted by molar-refractivity contribution is -0.142. The maximum atomic E-state index is 10.8. The topological polar surface area (TPSA) is 115 Å². The van der Waals surface area contributed by atoms with E-state index in [9.17, 15) is 14.4 Å². The number of carboxylic acid groups (broad SMARTS) is 3. The summed E-state index contributed by atoms with van der Waals surface area (Å²) in [5, 5.41) is 26.0. The number of nitrogens with zero attached hydrogens (tertiary/aromatic N) is 1. The molecule has 0 rings (SSSR count). The molecule has 0 spiro atoms. The molecule has 0 aromatic carbocycles. The molecule has 7 nitrogen and oxygen atoms in total. The average Bonchev–Trinajstić information content (AvgIpc) is 2.34. The largest absolute Gasteiger partial charge is 0.481 e. The molecule has 0 aromatic rings. The molecule has 0 saturated carbocycles. The first kappa shape index (κ1) is 18.4. The molecule has 7 heteroatoms. The molecule has 20 heavy (non-hydrogen) atoms. The minimum atomic E-state index is -0.913. The Morgan fingerprint density at radius 2 is 1.50 bits per heavy atom. The van der Waals surface area contributed by atoms with Crippen LogP contribution in [0, 0.1) is 5.92 Å². The second kappa shape index (κ2) is 10.2. The predicted octanol–water partition coefficient (Wildman–Crippen LogP) is 1.13. The molecule has 0 radical (unpaired) electrons. The van der Waals surface area contributed by atoms with Crippen molar-refractivity contribution in [3.8, 4) is 0 Å². The number of unbranched alkanes of at least 4 members (excludes halogenated alkanes) is 2. The van der Waals surface area contributed by atoms with Crippen molar-refractivity contribution >= 4 is 17.9 Å². The van der Waals surface area contributed by atoms with Gasteiger partial charge in [-0.05, 0) is 19.4 Å². The molecule has 116 valence electrons. The Morgan fingerprint density at radius 1 is 0.900 bits per heavy atom. The van der Waals surface area contributed by atoms with Gasteiger partial charge in [-0.2, -0.15) is 0 Å². The van der Waals surface area contributed by atoms with Crippen LogP contribution in [0.1, 0.15) is 39.0 Å². The molecule has 0 saturated heterocycles. The van der Waals surface area contributed by atoms with Gasteiger partial charge < -0.3 is 20.2 Å². The first-order chi connectivity index (χ1) is 9.32. The van der Waals surface area contributed by atoms with Gasteiger partial charge in [0.05, 0.1) is 12.3 Å².